The zero-order valence-corrected chi connectivity index (χ0v) is 18.2. The van der Waals surface area contributed by atoms with Crippen LogP contribution in [0.3, 0.4) is 0 Å². The van der Waals surface area contributed by atoms with Gasteiger partial charge in [0.2, 0.25) is 5.91 Å². The Balaban J connectivity index is 1.64. The highest BCUT2D eigenvalue weighted by Gasteiger charge is 2.29. The molecule has 2 aromatic rings. The van der Waals surface area contributed by atoms with Crippen molar-refractivity contribution in [3.05, 3.63) is 65.2 Å². The number of hydrogen-bond acceptors (Lipinski definition) is 4. The summed E-state index contributed by atoms with van der Waals surface area (Å²) >= 11 is 0. The lowest BCUT2D eigenvalue weighted by atomic mass is 10.0. The summed E-state index contributed by atoms with van der Waals surface area (Å²) in [6.45, 7) is 8.97. The molecule has 1 fully saturated rings. The maximum absolute atomic E-state index is 13.9. The van der Waals surface area contributed by atoms with Gasteiger partial charge in [-0.3, -0.25) is 9.69 Å². The number of amides is 1. The molecular formula is C24H28F2N4O. The van der Waals surface area contributed by atoms with Crippen LogP contribution in [0.2, 0.25) is 0 Å². The van der Waals surface area contributed by atoms with Gasteiger partial charge in [-0.05, 0) is 50.6 Å². The number of carbonyl (C=O) groups excluding carboxylic acids is 1. The Morgan fingerprint density at radius 3 is 2.39 bits per heavy atom. The Kier molecular flexibility index (Phi) is 6.91. The van der Waals surface area contributed by atoms with Crippen LogP contribution in [0.25, 0.3) is 0 Å². The van der Waals surface area contributed by atoms with Gasteiger partial charge in [-0.25, -0.2) is 8.78 Å². The minimum atomic E-state index is -0.518. The molecule has 2 aromatic carbocycles. The molecule has 164 valence electrons. The molecule has 0 bridgehead atoms. The molecule has 3 rings (SSSR count). The van der Waals surface area contributed by atoms with Crippen LogP contribution in [0.5, 0.6) is 0 Å². The van der Waals surface area contributed by atoms with E-state index in [0.717, 1.165) is 5.56 Å². The lowest BCUT2D eigenvalue weighted by Gasteiger charge is -2.40. The molecule has 0 N–H and O–H groups in total. The summed E-state index contributed by atoms with van der Waals surface area (Å²) < 4.78 is 27.5. The molecule has 0 spiro atoms. The molecule has 0 atom stereocenters. The molecule has 0 aliphatic carbocycles. The summed E-state index contributed by atoms with van der Waals surface area (Å²) in [5, 5.41) is 9.28. The van der Waals surface area contributed by atoms with E-state index in [0.29, 0.717) is 38.4 Å². The molecule has 0 saturated carbocycles. The molecule has 1 aliphatic heterocycles. The minimum absolute atomic E-state index is 0.0197. The average Bonchev–Trinajstić information content (AvgIpc) is 2.71. The van der Waals surface area contributed by atoms with Gasteiger partial charge in [-0.2, -0.15) is 5.26 Å². The van der Waals surface area contributed by atoms with E-state index in [-0.39, 0.29) is 23.8 Å². The van der Waals surface area contributed by atoms with Gasteiger partial charge in [0.25, 0.3) is 0 Å². The highest BCUT2D eigenvalue weighted by molar-refractivity contribution is 5.79. The molecule has 1 aliphatic rings. The van der Waals surface area contributed by atoms with Crippen molar-refractivity contribution < 1.29 is 13.6 Å². The van der Waals surface area contributed by atoms with E-state index in [1.807, 2.05) is 37.8 Å². The smallest absolute Gasteiger partial charge is 0.237 e. The standard InChI is InChI=1S/C24H28F2N4O/c1-24(2,3)30(16-18-6-4-7-19(25)14-18)23(31)17-28-10-12-29(13-11-28)22-9-5-8-21(26)20(22)15-27/h4-9,14H,10-13,16-17H2,1-3H3. The number of rotatable bonds is 5. The van der Waals surface area contributed by atoms with Gasteiger partial charge in [0, 0.05) is 38.3 Å². The molecule has 31 heavy (non-hydrogen) atoms. The number of benzene rings is 2. The summed E-state index contributed by atoms with van der Waals surface area (Å²) in [6.07, 6.45) is 0. The fourth-order valence-corrected chi connectivity index (χ4v) is 3.83. The Morgan fingerprint density at radius 2 is 1.77 bits per heavy atom. The monoisotopic (exact) mass is 426 g/mol. The average molecular weight is 427 g/mol. The van der Waals surface area contributed by atoms with Crippen molar-refractivity contribution in [2.75, 3.05) is 37.6 Å². The highest BCUT2D eigenvalue weighted by Crippen LogP contribution is 2.24. The third-order valence-electron chi connectivity index (χ3n) is 5.52. The molecular weight excluding hydrogens is 398 g/mol. The highest BCUT2D eigenvalue weighted by atomic mass is 19.1. The van der Waals surface area contributed by atoms with E-state index < -0.39 is 11.4 Å². The molecule has 1 amide bonds. The largest absolute Gasteiger partial charge is 0.368 e. The zero-order chi connectivity index (χ0) is 22.6. The van der Waals surface area contributed by atoms with Gasteiger partial charge < -0.3 is 9.80 Å². The van der Waals surface area contributed by atoms with E-state index in [4.69, 9.17) is 0 Å². The summed E-state index contributed by atoms with van der Waals surface area (Å²) in [4.78, 5) is 18.9. The topological polar surface area (TPSA) is 50.6 Å². The third kappa shape index (κ3) is 5.59. The second-order valence-corrected chi connectivity index (χ2v) is 8.79. The van der Waals surface area contributed by atoms with Crippen molar-refractivity contribution in [3.8, 4) is 6.07 Å². The summed E-state index contributed by atoms with van der Waals surface area (Å²) in [7, 11) is 0. The van der Waals surface area contributed by atoms with Crippen LogP contribution < -0.4 is 4.90 Å². The van der Waals surface area contributed by atoms with Gasteiger partial charge in [-0.15, -0.1) is 0 Å². The molecule has 7 heteroatoms. The molecule has 1 heterocycles. The first-order valence-corrected chi connectivity index (χ1v) is 10.4. The Morgan fingerprint density at radius 1 is 1.10 bits per heavy atom. The summed E-state index contributed by atoms with van der Waals surface area (Å²) in [6, 6.07) is 12.9. The minimum Gasteiger partial charge on any atom is -0.368 e. The Hall–Kier alpha value is -2.98. The van der Waals surface area contributed by atoms with E-state index in [2.05, 4.69) is 4.90 Å². The maximum atomic E-state index is 13.9. The first-order chi connectivity index (χ1) is 14.7. The molecule has 0 radical (unpaired) electrons. The van der Waals surface area contributed by atoms with Gasteiger partial charge in [0.15, 0.2) is 0 Å². The van der Waals surface area contributed by atoms with Crippen LogP contribution in [0.15, 0.2) is 42.5 Å². The molecule has 1 saturated heterocycles. The number of nitriles is 1. The van der Waals surface area contributed by atoms with Gasteiger partial charge in [0.05, 0.1) is 12.2 Å². The van der Waals surface area contributed by atoms with Crippen molar-refractivity contribution in [1.82, 2.24) is 9.80 Å². The van der Waals surface area contributed by atoms with Crippen molar-refractivity contribution in [1.29, 1.82) is 5.26 Å². The maximum Gasteiger partial charge on any atom is 0.237 e. The van der Waals surface area contributed by atoms with E-state index in [1.54, 1.807) is 23.1 Å². The number of carbonyl (C=O) groups is 1. The van der Waals surface area contributed by atoms with Crippen LogP contribution in [-0.4, -0.2) is 54.0 Å². The lowest BCUT2D eigenvalue weighted by Crippen LogP contribution is -2.53. The van der Waals surface area contributed by atoms with E-state index in [9.17, 15) is 18.8 Å². The van der Waals surface area contributed by atoms with E-state index >= 15 is 0 Å². The second kappa shape index (κ2) is 9.44. The van der Waals surface area contributed by atoms with Crippen molar-refractivity contribution in [2.24, 2.45) is 0 Å². The quantitative estimate of drug-likeness (QED) is 0.730. The number of anilines is 1. The SMILES string of the molecule is CC(C)(C)N(Cc1cccc(F)c1)C(=O)CN1CCN(c2cccc(F)c2C#N)CC1. The number of nitrogens with zero attached hydrogens (tertiary/aromatic N) is 4. The Bertz CT molecular complexity index is 972. The predicted octanol–water partition coefficient (Wildman–Crippen LogP) is 3.79. The van der Waals surface area contributed by atoms with Crippen LogP contribution in [0, 0.1) is 23.0 Å². The first kappa shape index (κ1) is 22.7. The first-order valence-electron chi connectivity index (χ1n) is 10.4. The molecule has 0 unspecified atom stereocenters. The molecule has 0 aromatic heterocycles. The third-order valence-corrected chi connectivity index (χ3v) is 5.52. The van der Waals surface area contributed by atoms with Gasteiger partial charge in [0.1, 0.15) is 23.3 Å². The van der Waals surface area contributed by atoms with Crippen LogP contribution in [0.4, 0.5) is 14.5 Å². The van der Waals surface area contributed by atoms with Crippen molar-refractivity contribution >= 4 is 11.6 Å². The van der Waals surface area contributed by atoms with Gasteiger partial charge in [-0.1, -0.05) is 18.2 Å². The normalized spacial score (nSPS) is 14.9. The summed E-state index contributed by atoms with van der Waals surface area (Å²) in [5.74, 6) is -0.853. The van der Waals surface area contributed by atoms with Crippen LogP contribution >= 0.6 is 0 Å². The van der Waals surface area contributed by atoms with Crippen molar-refractivity contribution in [2.45, 2.75) is 32.9 Å². The van der Waals surface area contributed by atoms with Crippen molar-refractivity contribution in [3.63, 3.8) is 0 Å². The second-order valence-electron chi connectivity index (χ2n) is 8.79. The van der Waals surface area contributed by atoms with Crippen LogP contribution in [-0.2, 0) is 11.3 Å². The van der Waals surface area contributed by atoms with Crippen LogP contribution in [0.1, 0.15) is 31.9 Å². The lowest BCUT2D eigenvalue weighted by molar-refractivity contribution is -0.138. The van der Waals surface area contributed by atoms with E-state index in [1.165, 1.54) is 18.2 Å². The fourth-order valence-electron chi connectivity index (χ4n) is 3.83. The zero-order valence-electron chi connectivity index (χ0n) is 18.2. The Labute approximate surface area is 182 Å². The summed E-state index contributed by atoms with van der Waals surface area (Å²) in [5.41, 5.74) is 0.995. The number of piperazine rings is 1. The predicted molar refractivity (Wildman–Crippen MR) is 116 cm³/mol. The number of hydrogen-bond donors (Lipinski definition) is 0. The van der Waals surface area contributed by atoms with Gasteiger partial charge >= 0.3 is 0 Å². The molecule has 5 nitrogen and oxygen atoms in total. The fraction of sp³-hybridized carbons (Fsp3) is 0.417. The number of halogens is 2.